The number of ether oxygens (including phenoxy) is 7. The minimum absolute atomic E-state index is 0. The fourth-order valence-corrected chi connectivity index (χ4v) is 7.09. The number of likely N-dealkylation sites (N-methyl/N-ethyl adjacent to an activating group) is 1. The van der Waals surface area contributed by atoms with E-state index in [1.807, 2.05) is 73.7 Å². The molecule has 6 aromatic carbocycles. The summed E-state index contributed by atoms with van der Waals surface area (Å²) in [6.45, 7) is 6.32. The monoisotopic (exact) mass is 1020 g/mol. The van der Waals surface area contributed by atoms with Crippen molar-refractivity contribution in [3.05, 3.63) is 178 Å². The van der Waals surface area contributed by atoms with Crippen molar-refractivity contribution in [1.29, 1.82) is 0 Å². The summed E-state index contributed by atoms with van der Waals surface area (Å²) >= 11 is 0. The molecule has 1 amide bonds. The summed E-state index contributed by atoms with van der Waals surface area (Å²) in [5.74, 6) is 2.65. The summed E-state index contributed by atoms with van der Waals surface area (Å²) in [5, 5.41) is 6.32. The van der Waals surface area contributed by atoms with Crippen molar-refractivity contribution in [2.75, 3.05) is 62.2 Å². The number of amides is 1. The fourth-order valence-electron chi connectivity index (χ4n) is 7.09. The molecule has 2 unspecified atom stereocenters. The third-order valence-corrected chi connectivity index (χ3v) is 11.1. The van der Waals surface area contributed by atoms with Crippen LogP contribution >= 0.6 is 0 Å². The molecule has 3 radical (unpaired) electrons. The van der Waals surface area contributed by atoms with Crippen LogP contribution in [0.1, 0.15) is 47.2 Å². The highest BCUT2D eigenvalue weighted by Gasteiger charge is 2.15. The largest absolute Gasteiger partial charge is 0.493 e. The van der Waals surface area contributed by atoms with E-state index in [1.54, 1.807) is 71.5 Å². The molecule has 0 aliphatic rings. The quantitative estimate of drug-likeness (QED) is 0.0393. The van der Waals surface area contributed by atoms with Crippen molar-refractivity contribution < 1.29 is 55.9 Å². The second kappa shape index (κ2) is 32.8. The number of carbonyl (C=O) groups excluding carboxylic acids is 2. The van der Waals surface area contributed by atoms with Gasteiger partial charge in [0, 0.05) is 22.5 Å². The number of halogens is 3. The Labute approximate surface area is 436 Å². The molecule has 0 aromatic heterocycles. The van der Waals surface area contributed by atoms with E-state index < -0.39 is 0 Å². The van der Waals surface area contributed by atoms with Crippen LogP contribution in [0.2, 0.25) is 0 Å². The SMILES string of the molecule is COC(=O)C(C)NCCc1ccc(OCc2cccc(F)c2)c(OC)c1.COc1cc(CCN)ccc1OCc1cccc(F)c1.COc1cc(CCNC(C)C(=O)N(C)C)ccc1OCc1cccc(F)c1.[B]. The Balaban J connectivity index is 0.000000294. The second-order valence-corrected chi connectivity index (χ2v) is 16.9. The normalized spacial score (nSPS) is 11.2. The topological polar surface area (TPSA) is 152 Å². The van der Waals surface area contributed by atoms with E-state index in [0.717, 1.165) is 52.6 Å². The van der Waals surface area contributed by atoms with E-state index in [4.69, 9.17) is 34.2 Å². The lowest BCUT2D eigenvalue weighted by Crippen LogP contribution is -2.42. The van der Waals surface area contributed by atoms with Gasteiger partial charge in [0.1, 0.15) is 43.3 Å². The fraction of sp³-hybridized carbons (Fsp3) is 0.333. The molecule has 0 fully saturated rings. The molecule has 6 aromatic rings. The van der Waals surface area contributed by atoms with Gasteiger partial charge in [0.2, 0.25) is 5.91 Å². The third-order valence-electron chi connectivity index (χ3n) is 11.1. The molecule has 0 spiro atoms. The van der Waals surface area contributed by atoms with E-state index in [1.165, 1.54) is 43.5 Å². The van der Waals surface area contributed by atoms with Gasteiger partial charge in [-0.15, -0.1) is 0 Å². The average Bonchev–Trinajstić information content (AvgIpc) is 3.39. The highest BCUT2D eigenvalue weighted by molar-refractivity contribution is 5.80. The minimum Gasteiger partial charge on any atom is -0.493 e. The van der Waals surface area contributed by atoms with Gasteiger partial charge in [-0.1, -0.05) is 54.6 Å². The molecular formula is C57H69BF3N4O9. The summed E-state index contributed by atoms with van der Waals surface area (Å²) < 4.78 is 77.5. The van der Waals surface area contributed by atoms with Crippen LogP contribution in [0.3, 0.4) is 0 Å². The van der Waals surface area contributed by atoms with Crippen LogP contribution < -0.4 is 44.8 Å². The molecule has 6 rings (SSSR count). The predicted octanol–water partition coefficient (Wildman–Crippen LogP) is 8.66. The number of nitrogens with two attached hydrogens (primary N) is 1. The number of carbonyl (C=O) groups is 2. The van der Waals surface area contributed by atoms with E-state index in [-0.39, 0.29) is 63.0 Å². The zero-order valence-electron chi connectivity index (χ0n) is 43.6. The van der Waals surface area contributed by atoms with E-state index >= 15 is 0 Å². The summed E-state index contributed by atoms with van der Waals surface area (Å²) in [7, 11) is 9.61. The molecule has 0 saturated heterocycles. The van der Waals surface area contributed by atoms with E-state index in [2.05, 4.69) is 15.4 Å². The Hall–Kier alpha value is -7.21. The maximum atomic E-state index is 13.3. The predicted molar refractivity (Wildman–Crippen MR) is 283 cm³/mol. The first-order valence-corrected chi connectivity index (χ1v) is 23.7. The van der Waals surface area contributed by atoms with Crippen LogP contribution in [0.15, 0.2) is 127 Å². The standard InChI is InChI=1S/C21H27FN2O3.C20H24FNO4.C16H18FNO2.B/c1-15(21(25)24(2)3)23-11-10-16-8-9-19(20(13-16)26-4)27-14-17-6-5-7-18(22)12-17;1-14(20(23)25-3)22-10-9-15-7-8-18(19(12-15)24-2)26-13-16-5-4-6-17(21)11-16;1-19-16-10-12(7-8-18)5-6-15(16)20-11-13-3-2-4-14(17)9-13;/h5-9,12-13,15,23H,10-11,14H2,1-4H3;4-8,11-12,14,22H,9-10,13H2,1-3H3;2-6,9-10H,7-8,11,18H2,1H3;. The molecular weight excluding hydrogens is 952 g/mol. The number of hydrogen-bond donors (Lipinski definition) is 3. The Morgan fingerprint density at radius 3 is 1.16 bits per heavy atom. The smallest absolute Gasteiger partial charge is 0.322 e. The molecule has 0 bridgehead atoms. The molecule has 0 heterocycles. The number of esters is 1. The number of nitrogens with zero attached hydrogens (tertiary/aromatic N) is 1. The third kappa shape index (κ3) is 21.1. The summed E-state index contributed by atoms with van der Waals surface area (Å²) in [4.78, 5) is 24.8. The van der Waals surface area contributed by atoms with Crippen LogP contribution in [-0.4, -0.2) is 99.4 Å². The summed E-state index contributed by atoms with van der Waals surface area (Å²) in [5.41, 5.74) is 11.0. The Bertz CT molecular complexity index is 2640. The lowest BCUT2D eigenvalue weighted by Gasteiger charge is -2.18. The van der Waals surface area contributed by atoms with E-state index in [9.17, 15) is 22.8 Å². The molecule has 17 heteroatoms. The molecule has 13 nitrogen and oxygen atoms in total. The van der Waals surface area contributed by atoms with E-state index in [0.29, 0.717) is 60.7 Å². The summed E-state index contributed by atoms with van der Waals surface area (Å²) in [6, 6.07) is 35.5. The van der Waals surface area contributed by atoms with Gasteiger partial charge < -0.3 is 54.4 Å². The van der Waals surface area contributed by atoms with Crippen LogP contribution in [0, 0.1) is 17.5 Å². The van der Waals surface area contributed by atoms with Gasteiger partial charge in [0.15, 0.2) is 34.5 Å². The number of hydrogen-bond acceptors (Lipinski definition) is 12. The second-order valence-electron chi connectivity index (χ2n) is 16.9. The number of rotatable bonds is 24. The van der Waals surface area contributed by atoms with Crippen molar-refractivity contribution in [3.63, 3.8) is 0 Å². The maximum absolute atomic E-state index is 13.3. The van der Waals surface area contributed by atoms with Crippen molar-refractivity contribution in [1.82, 2.24) is 15.5 Å². The van der Waals surface area contributed by atoms with Gasteiger partial charge in [-0.2, -0.15) is 0 Å². The zero-order valence-corrected chi connectivity index (χ0v) is 43.6. The maximum Gasteiger partial charge on any atom is 0.322 e. The van der Waals surface area contributed by atoms with Gasteiger partial charge in [0.25, 0.3) is 0 Å². The zero-order chi connectivity index (χ0) is 53.1. The molecule has 395 valence electrons. The van der Waals surface area contributed by atoms with Crippen molar-refractivity contribution in [2.24, 2.45) is 5.73 Å². The lowest BCUT2D eigenvalue weighted by atomic mass is 10.1. The molecule has 0 aliphatic carbocycles. The Morgan fingerprint density at radius 2 is 0.851 bits per heavy atom. The highest BCUT2D eigenvalue weighted by atomic mass is 19.1. The van der Waals surface area contributed by atoms with Gasteiger partial charge in [-0.25, -0.2) is 13.2 Å². The number of nitrogens with one attached hydrogen (secondary N) is 2. The molecule has 74 heavy (non-hydrogen) atoms. The molecule has 2 atom stereocenters. The first kappa shape index (κ1) is 61.1. The molecule has 4 N–H and O–H groups in total. The lowest BCUT2D eigenvalue weighted by molar-refractivity contribution is -0.142. The van der Waals surface area contributed by atoms with Crippen LogP contribution in [-0.2, 0) is 53.4 Å². The van der Waals surface area contributed by atoms with Crippen LogP contribution in [0.4, 0.5) is 13.2 Å². The average molecular weight is 1020 g/mol. The van der Waals surface area contributed by atoms with Gasteiger partial charge in [-0.3, -0.25) is 9.59 Å². The first-order chi connectivity index (χ1) is 35.2. The Morgan fingerprint density at radius 1 is 0.500 bits per heavy atom. The van der Waals surface area contributed by atoms with Gasteiger partial charge >= 0.3 is 5.97 Å². The highest BCUT2D eigenvalue weighted by Crippen LogP contribution is 2.31. The van der Waals surface area contributed by atoms with Crippen LogP contribution in [0.25, 0.3) is 0 Å². The minimum atomic E-state index is -0.351. The molecule has 0 aliphatic heterocycles. The number of benzene rings is 6. The van der Waals surface area contributed by atoms with Gasteiger partial charge in [0.05, 0.1) is 34.5 Å². The number of methoxy groups -OCH3 is 4. The van der Waals surface area contributed by atoms with Crippen LogP contribution in [0.5, 0.6) is 34.5 Å². The van der Waals surface area contributed by atoms with Crippen molar-refractivity contribution in [3.8, 4) is 34.5 Å². The molecule has 0 saturated carbocycles. The van der Waals surface area contributed by atoms with Gasteiger partial charge in [-0.05, 0) is 159 Å². The Kier molecular flexibility index (Phi) is 27.1. The first-order valence-electron chi connectivity index (χ1n) is 23.7. The van der Waals surface area contributed by atoms with Crippen molar-refractivity contribution >= 4 is 20.3 Å². The van der Waals surface area contributed by atoms with Crippen molar-refractivity contribution in [2.45, 2.75) is 65.0 Å². The summed E-state index contributed by atoms with van der Waals surface area (Å²) in [6.07, 6.45) is 2.27.